The second kappa shape index (κ2) is 6.88. The van der Waals surface area contributed by atoms with Crippen molar-refractivity contribution >= 4 is 5.82 Å². The summed E-state index contributed by atoms with van der Waals surface area (Å²) in [6.45, 7) is 8.64. The van der Waals surface area contributed by atoms with Crippen molar-refractivity contribution in [2.45, 2.75) is 46.3 Å². The van der Waals surface area contributed by atoms with Crippen molar-refractivity contribution in [3.63, 3.8) is 0 Å². The van der Waals surface area contributed by atoms with Gasteiger partial charge in [-0.05, 0) is 18.8 Å². The number of nitrogens with one attached hydrogen (secondary N) is 1. The number of aromatic nitrogens is 2. The monoisotopic (exact) mass is 279 g/mol. The third kappa shape index (κ3) is 3.60. The van der Waals surface area contributed by atoms with E-state index in [9.17, 15) is 4.79 Å². The van der Waals surface area contributed by atoms with E-state index in [1.54, 1.807) is 17.0 Å². The molecule has 2 rings (SSSR count). The van der Waals surface area contributed by atoms with E-state index >= 15 is 0 Å². The van der Waals surface area contributed by atoms with E-state index < -0.39 is 0 Å². The topological polar surface area (TPSA) is 56.1 Å². The van der Waals surface area contributed by atoms with Gasteiger partial charge >= 0.3 is 0 Å². The first-order valence-electron chi connectivity index (χ1n) is 7.52. The molecule has 112 valence electrons. The first kappa shape index (κ1) is 15.0. The summed E-state index contributed by atoms with van der Waals surface area (Å²) in [5.74, 6) is 1.37. The van der Waals surface area contributed by atoms with Crippen molar-refractivity contribution < 1.29 is 4.74 Å². The highest BCUT2D eigenvalue weighted by Gasteiger charge is 2.26. The molecule has 2 heterocycles. The number of hydrogen-bond donors (Lipinski definition) is 1. The molecule has 0 amide bonds. The van der Waals surface area contributed by atoms with Crippen LogP contribution in [-0.4, -0.2) is 28.8 Å². The van der Waals surface area contributed by atoms with Gasteiger partial charge in [-0.15, -0.1) is 0 Å². The molecule has 2 atom stereocenters. The number of ether oxygens (including phenoxy) is 1. The zero-order valence-corrected chi connectivity index (χ0v) is 12.6. The quantitative estimate of drug-likeness (QED) is 0.866. The summed E-state index contributed by atoms with van der Waals surface area (Å²) >= 11 is 0. The summed E-state index contributed by atoms with van der Waals surface area (Å²) in [7, 11) is 0. The van der Waals surface area contributed by atoms with Crippen molar-refractivity contribution in [2.75, 3.05) is 18.5 Å². The Balaban J connectivity index is 2.01. The highest BCUT2D eigenvalue weighted by Crippen LogP contribution is 2.23. The summed E-state index contributed by atoms with van der Waals surface area (Å²) in [5.41, 5.74) is -0.0341. The summed E-state index contributed by atoms with van der Waals surface area (Å²) in [6.07, 6.45) is 5.82. The molecule has 20 heavy (non-hydrogen) atoms. The first-order chi connectivity index (χ1) is 9.61. The number of hydrogen-bond acceptors (Lipinski definition) is 4. The summed E-state index contributed by atoms with van der Waals surface area (Å²) in [5, 5.41) is 3.21. The molecule has 0 spiro atoms. The van der Waals surface area contributed by atoms with Gasteiger partial charge in [0.25, 0.3) is 5.56 Å². The minimum atomic E-state index is -0.0341. The molecular weight excluding hydrogens is 254 g/mol. The van der Waals surface area contributed by atoms with Gasteiger partial charge in [0.05, 0.1) is 6.10 Å². The van der Waals surface area contributed by atoms with Gasteiger partial charge in [-0.25, -0.2) is 4.98 Å². The van der Waals surface area contributed by atoms with Crippen LogP contribution in [0.15, 0.2) is 17.2 Å². The lowest BCUT2D eigenvalue weighted by Gasteiger charge is -2.17. The summed E-state index contributed by atoms with van der Waals surface area (Å²) in [4.78, 5) is 16.4. The number of rotatable bonds is 6. The van der Waals surface area contributed by atoms with E-state index in [2.05, 4.69) is 31.1 Å². The third-order valence-electron chi connectivity index (χ3n) is 3.76. The van der Waals surface area contributed by atoms with Gasteiger partial charge in [-0.1, -0.05) is 20.8 Å². The summed E-state index contributed by atoms with van der Waals surface area (Å²) in [6, 6.07) is 0. The zero-order chi connectivity index (χ0) is 14.5. The molecule has 1 N–H and O–H groups in total. The summed E-state index contributed by atoms with van der Waals surface area (Å²) < 4.78 is 7.39. The molecule has 0 bridgehead atoms. The van der Waals surface area contributed by atoms with Crippen molar-refractivity contribution in [3.05, 3.63) is 22.7 Å². The molecule has 0 saturated carbocycles. The fourth-order valence-corrected chi connectivity index (χ4v) is 2.71. The Bertz CT molecular complexity index is 484. The average molecular weight is 279 g/mol. The molecule has 1 aliphatic heterocycles. The van der Waals surface area contributed by atoms with Crippen molar-refractivity contribution in [1.29, 1.82) is 0 Å². The van der Waals surface area contributed by atoms with Gasteiger partial charge in [0.2, 0.25) is 0 Å². The van der Waals surface area contributed by atoms with Gasteiger partial charge in [-0.2, -0.15) is 0 Å². The molecule has 0 aromatic carbocycles. The van der Waals surface area contributed by atoms with Crippen LogP contribution in [-0.2, 0) is 11.3 Å². The van der Waals surface area contributed by atoms with Crippen LogP contribution in [0.25, 0.3) is 0 Å². The largest absolute Gasteiger partial charge is 0.378 e. The fraction of sp³-hybridized carbons (Fsp3) is 0.733. The molecule has 1 saturated heterocycles. The lowest BCUT2D eigenvalue weighted by molar-refractivity contribution is 0.0900. The first-order valence-corrected chi connectivity index (χ1v) is 7.52. The Labute approximate surface area is 120 Å². The van der Waals surface area contributed by atoms with Crippen LogP contribution in [0.3, 0.4) is 0 Å². The molecule has 0 radical (unpaired) electrons. The lowest BCUT2D eigenvalue weighted by atomic mass is 10.00. The van der Waals surface area contributed by atoms with Crippen LogP contribution in [0.4, 0.5) is 5.82 Å². The lowest BCUT2D eigenvalue weighted by Crippen LogP contribution is -2.29. The molecule has 0 aliphatic carbocycles. The van der Waals surface area contributed by atoms with Gasteiger partial charge in [0.15, 0.2) is 5.82 Å². The van der Waals surface area contributed by atoms with E-state index in [-0.39, 0.29) is 5.56 Å². The Morgan fingerprint density at radius 2 is 2.35 bits per heavy atom. The van der Waals surface area contributed by atoms with Gasteiger partial charge in [0, 0.05) is 38.0 Å². The van der Waals surface area contributed by atoms with Gasteiger partial charge in [0.1, 0.15) is 0 Å². The van der Waals surface area contributed by atoms with Crippen molar-refractivity contribution in [2.24, 2.45) is 11.8 Å². The van der Waals surface area contributed by atoms with Crippen LogP contribution in [0.2, 0.25) is 0 Å². The van der Waals surface area contributed by atoms with Gasteiger partial charge < -0.3 is 14.6 Å². The highest BCUT2D eigenvalue weighted by atomic mass is 16.5. The standard InChI is InChI=1S/C15H25N3O2/c1-4-13-12(5-8-20-13)9-17-14-15(19)18(7-6-16-14)10-11(2)3/h6-7,11-13H,4-5,8-10H2,1-3H3,(H,16,17). The van der Waals surface area contributed by atoms with Crippen LogP contribution in [0, 0.1) is 11.8 Å². The second-order valence-corrected chi connectivity index (χ2v) is 5.87. The van der Waals surface area contributed by atoms with Crippen molar-refractivity contribution in [3.8, 4) is 0 Å². The van der Waals surface area contributed by atoms with Gasteiger partial charge in [-0.3, -0.25) is 4.79 Å². The van der Waals surface area contributed by atoms with Crippen LogP contribution in [0.1, 0.15) is 33.6 Å². The molecule has 1 aliphatic rings. The molecule has 1 aromatic heterocycles. The molecule has 5 heteroatoms. The van der Waals surface area contributed by atoms with E-state index in [0.29, 0.717) is 23.8 Å². The second-order valence-electron chi connectivity index (χ2n) is 5.87. The molecule has 5 nitrogen and oxygen atoms in total. The molecule has 2 unspecified atom stereocenters. The van der Waals surface area contributed by atoms with E-state index in [1.807, 2.05) is 0 Å². The van der Waals surface area contributed by atoms with E-state index in [4.69, 9.17) is 4.74 Å². The third-order valence-corrected chi connectivity index (χ3v) is 3.76. The van der Waals surface area contributed by atoms with Crippen LogP contribution in [0.5, 0.6) is 0 Å². The predicted octanol–water partition coefficient (Wildman–Crippen LogP) is 2.13. The zero-order valence-electron chi connectivity index (χ0n) is 12.6. The fourth-order valence-electron chi connectivity index (χ4n) is 2.71. The molecule has 1 aromatic rings. The minimum Gasteiger partial charge on any atom is -0.378 e. The maximum atomic E-state index is 12.3. The Morgan fingerprint density at radius 1 is 1.55 bits per heavy atom. The average Bonchev–Trinajstić information content (AvgIpc) is 2.86. The van der Waals surface area contributed by atoms with Crippen molar-refractivity contribution in [1.82, 2.24) is 9.55 Å². The Kier molecular flexibility index (Phi) is 5.17. The predicted molar refractivity (Wildman–Crippen MR) is 80.0 cm³/mol. The van der Waals surface area contributed by atoms with E-state index in [0.717, 1.165) is 32.5 Å². The number of anilines is 1. The van der Waals surface area contributed by atoms with Crippen LogP contribution < -0.4 is 10.9 Å². The normalized spacial score (nSPS) is 22.4. The molecule has 1 fully saturated rings. The highest BCUT2D eigenvalue weighted by molar-refractivity contribution is 5.30. The SMILES string of the molecule is CCC1OCCC1CNc1nccn(CC(C)C)c1=O. The van der Waals surface area contributed by atoms with E-state index in [1.165, 1.54) is 0 Å². The Morgan fingerprint density at radius 3 is 3.05 bits per heavy atom. The van der Waals surface area contributed by atoms with Crippen LogP contribution >= 0.6 is 0 Å². The number of nitrogens with zero attached hydrogens (tertiary/aromatic N) is 2. The molecular formula is C15H25N3O2. The maximum Gasteiger partial charge on any atom is 0.293 e. The maximum absolute atomic E-state index is 12.3. The smallest absolute Gasteiger partial charge is 0.293 e. The minimum absolute atomic E-state index is 0.0341. The Hall–Kier alpha value is -1.36.